The van der Waals surface area contributed by atoms with Crippen molar-refractivity contribution in [3.63, 3.8) is 0 Å². The van der Waals surface area contributed by atoms with Crippen molar-refractivity contribution in [2.75, 3.05) is 18.4 Å². The predicted octanol–water partition coefficient (Wildman–Crippen LogP) is 4.00. The van der Waals surface area contributed by atoms with E-state index in [-0.39, 0.29) is 24.4 Å². The Morgan fingerprint density at radius 2 is 2.00 bits per heavy atom. The fourth-order valence-electron chi connectivity index (χ4n) is 2.98. The fourth-order valence-corrected chi connectivity index (χ4v) is 2.98. The minimum Gasteiger partial charge on any atom is -0.374 e. The zero-order valence-electron chi connectivity index (χ0n) is 15.0. The number of ether oxygens (including phenoxy) is 1. The summed E-state index contributed by atoms with van der Waals surface area (Å²) in [5, 5.41) is 6.42. The Balaban J connectivity index is 0.00000288. The van der Waals surface area contributed by atoms with E-state index in [1.807, 2.05) is 38.1 Å². The highest BCUT2D eigenvalue weighted by molar-refractivity contribution is 5.90. The number of carbonyl (C=O) groups is 1. The van der Waals surface area contributed by atoms with Crippen LogP contribution in [0.4, 0.5) is 5.69 Å². The number of amides is 1. The van der Waals surface area contributed by atoms with Crippen molar-refractivity contribution in [3.05, 3.63) is 29.8 Å². The molecular weight excluding hydrogens is 324 g/mol. The summed E-state index contributed by atoms with van der Waals surface area (Å²) in [4.78, 5) is 12.2. The molecule has 5 heteroatoms. The molecule has 1 aromatic carbocycles. The number of hydrogen-bond acceptors (Lipinski definition) is 3. The van der Waals surface area contributed by atoms with Crippen LogP contribution in [0.3, 0.4) is 0 Å². The standard InChI is InChI=1S/C19H30N2O2.ClH/c1-14(2)23-13-16-6-8-18(9-7-16)21-19(22)11-15(3)17-5-4-10-20-12-17;/h6-9,14-15,17,20H,4-5,10-13H2,1-3H3,(H,21,22);1H. The van der Waals surface area contributed by atoms with E-state index in [4.69, 9.17) is 4.74 Å². The molecule has 2 unspecified atom stereocenters. The summed E-state index contributed by atoms with van der Waals surface area (Å²) in [5.41, 5.74) is 1.98. The molecule has 0 aromatic heterocycles. The number of anilines is 1. The van der Waals surface area contributed by atoms with Gasteiger partial charge in [-0.25, -0.2) is 0 Å². The molecule has 1 saturated heterocycles. The van der Waals surface area contributed by atoms with Crippen LogP contribution in [0.15, 0.2) is 24.3 Å². The molecule has 24 heavy (non-hydrogen) atoms. The second-order valence-electron chi connectivity index (χ2n) is 6.89. The molecule has 136 valence electrons. The normalized spacial score (nSPS) is 18.8. The Labute approximate surface area is 152 Å². The van der Waals surface area contributed by atoms with Gasteiger partial charge in [-0.2, -0.15) is 0 Å². The number of piperidine rings is 1. The lowest BCUT2D eigenvalue weighted by Gasteiger charge is -2.28. The molecule has 1 aromatic rings. The van der Waals surface area contributed by atoms with Crippen LogP contribution in [0.5, 0.6) is 0 Å². The highest BCUT2D eigenvalue weighted by Gasteiger charge is 2.21. The Bertz CT molecular complexity index is 485. The van der Waals surface area contributed by atoms with Gasteiger partial charge >= 0.3 is 0 Å². The van der Waals surface area contributed by atoms with Gasteiger partial charge in [0, 0.05) is 12.1 Å². The Kier molecular flexibility index (Phi) is 9.34. The second kappa shape index (κ2) is 10.7. The number of rotatable bonds is 7. The van der Waals surface area contributed by atoms with Gasteiger partial charge in [0.15, 0.2) is 0 Å². The molecule has 2 rings (SSSR count). The minimum absolute atomic E-state index is 0. The number of halogens is 1. The highest BCUT2D eigenvalue weighted by Crippen LogP contribution is 2.23. The van der Waals surface area contributed by atoms with Crippen LogP contribution in [-0.2, 0) is 16.1 Å². The average Bonchev–Trinajstić information content (AvgIpc) is 2.55. The van der Waals surface area contributed by atoms with E-state index in [9.17, 15) is 4.79 Å². The summed E-state index contributed by atoms with van der Waals surface area (Å²) in [6, 6.07) is 7.91. The molecular formula is C19H31ClN2O2. The summed E-state index contributed by atoms with van der Waals surface area (Å²) in [5.74, 6) is 1.14. The zero-order valence-corrected chi connectivity index (χ0v) is 15.8. The summed E-state index contributed by atoms with van der Waals surface area (Å²) in [7, 11) is 0. The molecule has 1 aliphatic rings. The van der Waals surface area contributed by atoms with E-state index in [2.05, 4.69) is 17.6 Å². The molecule has 4 nitrogen and oxygen atoms in total. The van der Waals surface area contributed by atoms with Crippen LogP contribution in [0.25, 0.3) is 0 Å². The minimum atomic E-state index is 0. The van der Waals surface area contributed by atoms with E-state index in [1.54, 1.807) is 0 Å². The third-order valence-electron chi connectivity index (χ3n) is 4.47. The molecule has 1 amide bonds. The number of carbonyl (C=O) groups excluding carboxylic acids is 1. The van der Waals surface area contributed by atoms with Gasteiger partial charge in [0.05, 0.1) is 12.7 Å². The molecule has 0 saturated carbocycles. The molecule has 2 atom stereocenters. The van der Waals surface area contributed by atoms with Crippen molar-refractivity contribution in [1.82, 2.24) is 5.32 Å². The van der Waals surface area contributed by atoms with Gasteiger partial charge in [-0.3, -0.25) is 4.79 Å². The summed E-state index contributed by atoms with van der Waals surface area (Å²) in [6.07, 6.45) is 3.26. The van der Waals surface area contributed by atoms with Gasteiger partial charge in [0.1, 0.15) is 0 Å². The largest absolute Gasteiger partial charge is 0.374 e. The van der Waals surface area contributed by atoms with Crippen molar-refractivity contribution < 1.29 is 9.53 Å². The van der Waals surface area contributed by atoms with Gasteiger partial charge in [0.2, 0.25) is 5.91 Å². The van der Waals surface area contributed by atoms with Crippen molar-refractivity contribution in [3.8, 4) is 0 Å². The average molecular weight is 355 g/mol. The fraction of sp³-hybridized carbons (Fsp3) is 0.632. The first-order chi connectivity index (χ1) is 11.0. The van der Waals surface area contributed by atoms with Crippen LogP contribution in [-0.4, -0.2) is 25.1 Å². The quantitative estimate of drug-likeness (QED) is 0.778. The Morgan fingerprint density at radius 1 is 1.29 bits per heavy atom. The maximum atomic E-state index is 12.2. The van der Waals surface area contributed by atoms with Gasteiger partial charge in [-0.1, -0.05) is 19.1 Å². The molecule has 0 spiro atoms. The Morgan fingerprint density at radius 3 is 2.58 bits per heavy atom. The van der Waals surface area contributed by atoms with Crippen LogP contribution in [0, 0.1) is 11.8 Å². The van der Waals surface area contributed by atoms with Crippen LogP contribution in [0.1, 0.15) is 45.6 Å². The Hall–Kier alpha value is -1.10. The lowest BCUT2D eigenvalue weighted by Crippen LogP contribution is -2.34. The SMILES string of the molecule is CC(C)OCc1ccc(NC(=O)CC(C)C2CCCNC2)cc1.Cl. The van der Waals surface area contributed by atoms with Crippen molar-refractivity contribution in [2.45, 2.75) is 52.7 Å². The third-order valence-corrected chi connectivity index (χ3v) is 4.47. The highest BCUT2D eigenvalue weighted by atomic mass is 35.5. The first kappa shape index (κ1) is 20.9. The summed E-state index contributed by atoms with van der Waals surface area (Å²) < 4.78 is 5.58. The lowest BCUT2D eigenvalue weighted by atomic mass is 9.85. The number of hydrogen-bond donors (Lipinski definition) is 2. The maximum Gasteiger partial charge on any atom is 0.224 e. The third kappa shape index (κ3) is 7.20. The van der Waals surface area contributed by atoms with E-state index >= 15 is 0 Å². The van der Waals surface area contributed by atoms with Crippen LogP contribution in [0.2, 0.25) is 0 Å². The molecule has 1 heterocycles. The lowest BCUT2D eigenvalue weighted by molar-refractivity contribution is -0.117. The van der Waals surface area contributed by atoms with Crippen LogP contribution < -0.4 is 10.6 Å². The topological polar surface area (TPSA) is 50.4 Å². The van der Waals surface area contributed by atoms with E-state index in [0.29, 0.717) is 24.9 Å². The summed E-state index contributed by atoms with van der Waals surface area (Å²) >= 11 is 0. The molecule has 1 aliphatic heterocycles. The van der Waals surface area contributed by atoms with E-state index in [1.165, 1.54) is 12.8 Å². The molecule has 1 fully saturated rings. The van der Waals surface area contributed by atoms with E-state index < -0.39 is 0 Å². The zero-order chi connectivity index (χ0) is 16.7. The maximum absolute atomic E-state index is 12.2. The molecule has 0 radical (unpaired) electrons. The predicted molar refractivity (Wildman–Crippen MR) is 102 cm³/mol. The first-order valence-corrected chi connectivity index (χ1v) is 8.75. The van der Waals surface area contributed by atoms with Crippen LogP contribution >= 0.6 is 12.4 Å². The smallest absolute Gasteiger partial charge is 0.224 e. The van der Waals surface area contributed by atoms with E-state index in [0.717, 1.165) is 24.3 Å². The molecule has 0 aliphatic carbocycles. The van der Waals surface area contributed by atoms with Crippen molar-refractivity contribution >= 4 is 24.0 Å². The molecule has 0 bridgehead atoms. The summed E-state index contributed by atoms with van der Waals surface area (Å²) in [6.45, 7) is 9.00. The second-order valence-corrected chi connectivity index (χ2v) is 6.89. The van der Waals surface area contributed by atoms with Gasteiger partial charge < -0.3 is 15.4 Å². The monoisotopic (exact) mass is 354 g/mol. The number of benzene rings is 1. The van der Waals surface area contributed by atoms with Gasteiger partial charge in [0.25, 0.3) is 0 Å². The van der Waals surface area contributed by atoms with Crippen molar-refractivity contribution in [2.24, 2.45) is 11.8 Å². The number of nitrogens with one attached hydrogen (secondary N) is 2. The molecule has 2 N–H and O–H groups in total. The van der Waals surface area contributed by atoms with Crippen molar-refractivity contribution in [1.29, 1.82) is 0 Å². The van der Waals surface area contributed by atoms with Gasteiger partial charge in [-0.05, 0) is 69.3 Å². The van der Waals surface area contributed by atoms with Gasteiger partial charge in [-0.15, -0.1) is 12.4 Å². The first-order valence-electron chi connectivity index (χ1n) is 8.75.